The number of hydrogen-bond acceptors (Lipinski definition) is 7. The number of fused-ring (bicyclic) bond motifs is 2. The smallest absolute Gasteiger partial charge is 0.323 e. The molecule has 1 aromatic heterocycles. The van der Waals surface area contributed by atoms with E-state index < -0.39 is 23.6 Å². The van der Waals surface area contributed by atoms with E-state index in [0.29, 0.717) is 39.2 Å². The number of benzene rings is 2. The van der Waals surface area contributed by atoms with Gasteiger partial charge in [0.15, 0.2) is 12.4 Å². The first kappa shape index (κ1) is 28.1. The summed E-state index contributed by atoms with van der Waals surface area (Å²) in [5, 5.41) is 9.06. The van der Waals surface area contributed by atoms with Crippen LogP contribution in [0.3, 0.4) is 0 Å². The number of aliphatic carboxylic acids is 1. The number of para-hydroxylation sites is 1. The van der Waals surface area contributed by atoms with E-state index in [-0.39, 0.29) is 47.6 Å². The summed E-state index contributed by atoms with van der Waals surface area (Å²) in [6.45, 7) is -0.621. The maximum Gasteiger partial charge on any atom is 0.323 e. The molecule has 2 aliphatic heterocycles. The second kappa shape index (κ2) is 11.2. The van der Waals surface area contributed by atoms with Gasteiger partial charge in [0.05, 0.1) is 33.2 Å². The van der Waals surface area contributed by atoms with E-state index in [4.69, 9.17) is 27.9 Å². The van der Waals surface area contributed by atoms with Crippen LogP contribution in [0, 0.1) is 18.2 Å². The minimum absolute atomic E-state index is 0.0170. The van der Waals surface area contributed by atoms with Gasteiger partial charge in [0.2, 0.25) is 0 Å². The number of rotatable bonds is 4. The predicted molar refractivity (Wildman–Crippen MR) is 150 cm³/mol. The number of carboxylic acid groups (broad SMARTS) is 1. The molecule has 3 heterocycles. The molecule has 0 unspecified atom stereocenters. The number of aromatic nitrogens is 1. The number of hydrogen-bond donors (Lipinski definition) is 1. The lowest BCUT2D eigenvalue weighted by molar-refractivity contribution is -0.137. The van der Waals surface area contributed by atoms with Crippen molar-refractivity contribution < 1.29 is 33.4 Å². The average molecular weight is 598 g/mol. The highest BCUT2D eigenvalue weighted by atomic mass is 35.5. The molecule has 6 rings (SSSR count). The highest BCUT2D eigenvalue weighted by molar-refractivity contribution is 7.16. The van der Waals surface area contributed by atoms with Crippen molar-refractivity contribution in [3.05, 3.63) is 62.0 Å². The number of carbonyl (C=O) groups excluding carboxylic acids is 3. The molecule has 0 fully saturated rings. The van der Waals surface area contributed by atoms with Crippen LogP contribution in [0.15, 0.2) is 46.3 Å². The molecule has 41 heavy (non-hydrogen) atoms. The summed E-state index contributed by atoms with van der Waals surface area (Å²) < 4.78 is 21.8. The highest BCUT2D eigenvalue weighted by Gasteiger charge is 2.41. The van der Waals surface area contributed by atoms with Crippen LogP contribution >= 0.6 is 22.9 Å². The molecule has 3 aliphatic rings. The van der Waals surface area contributed by atoms with Crippen molar-refractivity contribution in [2.24, 2.45) is 0 Å². The quantitative estimate of drug-likeness (QED) is 0.359. The fraction of sp³-hybridized carbons (Fsp3) is 0.250. The van der Waals surface area contributed by atoms with Gasteiger partial charge in [0.1, 0.15) is 12.3 Å². The first-order valence-electron chi connectivity index (χ1n) is 12.4. The Hall–Kier alpha value is -4.47. The molecule has 0 saturated carbocycles. The second-order valence-electron chi connectivity index (χ2n) is 9.29. The van der Waals surface area contributed by atoms with E-state index in [1.54, 1.807) is 18.2 Å². The van der Waals surface area contributed by atoms with Gasteiger partial charge in [0.25, 0.3) is 17.7 Å². The van der Waals surface area contributed by atoms with Gasteiger partial charge in [-0.3, -0.25) is 33.4 Å². The molecule has 13 heteroatoms. The first-order valence-corrected chi connectivity index (χ1v) is 13.6. The van der Waals surface area contributed by atoms with E-state index in [1.165, 1.54) is 15.5 Å². The summed E-state index contributed by atoms with van der Waals surface area (Å²) in [7, 11) is 0. The van der Waals surface area contributed by atoms with Gasteiger partial charge in [-0.1, -0.05) is 34.9 Å². The van der Waals surface area contributed by atoms with Gasteiger partial charge >= 0.3 is 10.8 Å². The van der Waals surface area contributed by atoms with Crippen LogP contribution in [0.4, 0.5) is 15.8 Å². The molecule has 3 aromatic rings. The third-order valence-electron chi connectivity index (χ3n) is 6.78. The number of terminal acetylenes is 1. The Labute approximate surface area is 241 Å². The molecule has 210 valence electrons. The molecule has 0 bridgehead atoms. The Morgan fingerprint density at radius 1 is 1.10 bits per heavy atom. The Balaban J connectivity index is 0.000000191. The first-order chi connectivity index (χ1) is 19.6. The standard InChI is InChI=1S/C19H15FN2O4.C9H6ClNO3S/c1-2-7-21-15-9-14(13(20)8-16(15)26-10-17(21)23)22-18(24)11-5-3-4-6-12(11)19(22)25;10-5-2-1-3-6-8(5)11(4-7(12)13)9(14)15-6/h1,8-9H,3-7,10H2;1-3H,4H2,(H,12,13). The maximum absolute atomic E-state index is 14.7. The number of nitrogens with zero attached hydrogens (tertiary/aromatic N) is 3. The number of imide groups is 1. The van der Waals surface area contributed by atoms with Crippen molar-refractivity contribution in [3.63, 3.8) is 0 Å². The number of halogens is 2. The predicted octanol–water partition coefficient (Wildman–Crippen LogP) is 3.73. The van der Waals surface area contributed by atoms with E-state index in [0.717, 1.165) is 35.1 Å². The van der Waals surface area contributed by atoms with Gasteiger partial charge < -0.3 is 9.84 Å². The summed E-state index contributed by atoms with van der Waals surface area (Å²) in [5.41, 5.74) is 1.49. The highest BCUT2D eigenvalue weighted by Crippen LogP contribution is 2.41. The van der Waals surface area contributed by atoms with Crippen molar-refractivity contribution in [2.75, 3.05) is 23.0 Å². The normalized spacial score (nSPS) is 16.2. The molecule has 0 saturated heterocycles. The molecule has 1 aliphatic carbocycles. The van der Waals surface area contributed by atoms with E-state index in [1.807, 2.05) is 0 Å². The lowest BCUT2D eigenvalue weighted by atomic mass is 9.93. The van der Waals surface area contributed by atoms with Crippen LogP contribution in [-0.4, -0.2) is 46.5 Å². The molecule has 0 spiro atoms. The molecular formula is C28H21ClFN3O7S. The number of carbonyl (C=O) groups is 4. The minimum Gasteiger partial charge on any atom is -0.481 e. The van der Waals surface area contributed by atoms with Gasteiger partial charge in [-0.15, -0.1) is 6.42 Å². The largest absolute Gasteiger partial charge is 0.481 e. The number of thiazole rings is 1. The minimum atomic E-state index is -1.06. The van der Waals surface area contributed by atoms with Crippen molar-refractivity contribution in [2.45, 2.75) is 32.2 Å². The summed E-state index contributed by atoms with van der Waals surface area (Å²) in [6.07, 6.45) is 8.01. The van der Waals surface area contributed by atoms with Gasteiger partial charge in [-0.05, 0) is 43.9 Å². The fourth-order valence-electron chi connectivity index (χ4n) is 4.96. The number of amides is 3. The maximum atomic E-state index is 14.7. The van der Waals surface area contributed by atoms with Crippen molar-refractivity contribution in [1.82, 2.24) is 4.57 Å². The third-order valence-corrected chi connectivity index (χ3v) is 8.03. The van der Waals surface area contributed by atoms with Crippen molar-refractivity contribution in [3.8, 4) is 18.1 Å². The number of carboxylic acids is 1. The van der Waals surface area contributed by atoms with Gasteiger partial charge in [-0.25, -0.2) is 9.29 Å². The zero-order chi connectivity index (χ0) is 29.4. The van der Waals surface area contributed by atoms with E-state index in [9.17, 15) is 28.4 Å². The molecule has 1 N–H and O–H groups in total. The Morgan fingerprint density at radius 3 is 2.41 bits per heavy atom. The molecular weight excluding hydrogens is 577 g/mol. The Kier molecular flexibility index (Phi) is 7.66. The summed E-state index contributed by atoms with van der Waals surface area (Å²) in [4.78, 5) is 61.3. The zero-order valence-electron chi connectivity index (χ0n) is 21.3. The molecule has 3 amide bonds. The summed E-state index contributed by atoms with van der Waals surface area (Å²) in [5.74, 6) is -0.653. The van der Waals surface area contributed by atoms with Gasteiger partial charge in [0, 0.05) is 17.2 Å². The van der Waals surface area contributed by atoms with Crippen LogP contribution in [0.25, 0.3) is 10.2 Å². The summed E-state index contributed by atoms with van der Waals surface area (Å²) >= 11 is 6.91. The number of ether oxygens (including phenoxy) is 1. The lowest BCUT2D eigenvalue weighted by Crippen LogP contribution is -2.39. The van der Waals surface area contributed by atoms with Crippen LogP contribution in [0.2, 0.25) is 5.02 Å². The van der Waals surface area contributed by atoms with Crippen LogP contribution in [0.1, 0.15) is 25.7 Å². The Bertz CT molecular complexity index is 1740. The summed E-state index contributed by atoms with van der Waals surface area (Å²) in [6, 6.07) is 7.47. The van der Waals surface area contributed by atoms with Crippen LogP contribution < -0.4 is 19.4 Å². The zero-order valence-corrected chi connectivity index (χ0v) is 22.9. The molecule has 2 aromatic carbocycles. The van der Waals surface area contributed by atoms with Crippen molar-refractivity contribution in [1.29, 1.82) is 0 Å². The fourth-order valence-corrected chi connectivity index (χ4v) is 6.21. The second-order valence-corrected chi connectivity index (χ2v) is 10.7. The van der Waals surface area contributed by atoms with Crippen LogP contribution in [-0.2, 0) is 25.7 Å². The molecule has 0 atom stereocenters. The number of anilines is 2. The van der Waals surface area contributed by atoms with E-state index >= 15 is 0 Å². The third kappa shape index (κ3) is 5.10. The van der Waals surface area contributed by atoms with Crippen LogP contribution in [0.5, 0.6) is 5.75 Å². The van der Waals surface area contributed by atoms with E-state index in [2.05, 4.69) is 5.92 Å². The topological polar surface area (TPSA) is 126 Å². The SMILES string of the molecule is C#CCN1C(=O)COc2cc(F)c(N3C(=O)C4=C(CCCC4)C3=O)cc21.O=C(O)Cn1c(=O)sc2cccc(Cl)c21. The molecule has 10 nitrogen and oxygen atoms in total. The lowest BCUT2D eigenvalue weighted by Gasteiger charge is -2.29. The van der Waals surface area contributed by atoms with Gasteiger partial charge in [-0.2, -0.15) is 0 Å². The molecule has 0 radical (unpaired) electrons. The Morgan fingerprint density at radius 2 is 1.78 bits per heavy atom. The van der Waals surface area contributed by atoms with Crippen molar-refractivity contribution >= 4 is 68.2 Å². The monoisotopic (exact) mass is 597 g/mol. The average Bonchev–Trinajstić information content (AvgIpc) is 3.39.